The van der Waals surface area contributed by atoms with Crippen LogP contribution in [-0.2, 0) is 0 Å². The smallest absolute Gasteiger partial charge is 0.270 e. The standard InChI is InChI=1S/C16H17BrN4O/c17-11-5-7-13(8-6-11)20-15-9-14(18-10-19-15)16(22)21-12-3-1-2-4-12/h5-10,12H,1-4H2,(H,21,22)(H,18,19,20). The van der Waals surface area contributed by atoms with Crippen molar-refractivity contribution in [2.75, 3.05) is 5.32 Å². The predicted molar refractivity (Wildman–Crippen MR) is 89.2 cm³/mol. The van der Waals surface area contributed by atoms with Crippen molar-refractivity contribution in [1.29, 1.82) is 0 Å². The van der Waals surface area contributed by atoms with Crippen LogP contribution in [0.3, 0.4) is 0 Å². The Morgan fingerprint density at radius 1 is 1.14 bits per heavy atom. The number of nitrogens with zero attached hydrogens (tertiary/aromatic N) is 2. The van der Waals surface area contributed by atoms with Crippen molar-refractivity contribution in [1.82, 2.24) is 15.3 Å². The summed E-state index contributed by atoms with van der Waals surface area (Å²) in [6.45, 7) is 0. The Morgan fingerprint density at radius 2 is 1.86 bits per heavy atom. The Morgan fingerprint density at radius 3 is 2.59 bits per heavy atom. The molecule has 0 unspecified atom stereocenters. The Hall–Kier alpha value is -1.95. The molecule has 1 fully saturated rings. The number of carbonyl (C=O) groups excluding carboxylic acids is 1. The van der Waals surface area contributed by atoms with E-state index in [0.717, 1.165) is 23.0 Å². The van der Waals surface area contributed by atoms with Crippen molar-refractivity contribution in [3.63, 3.8) is 0 Å². The Kier molecular flexibility index (Phi) is 4.68. The molecule has 1 aromatic heterocycles. The average Bonchev–Trinajstić information content (AvgIpc) is 3.03. The fourth-order valence-electron chi connectivity index (χ4n) is 2.56. The molecule has 0 spiro atoms. The van der Waals surface area contributed by atoms with Crippen molar-refractivity contribution < 1.29 is 4.79 Å². The quantitative estimate of drug-likeness (QED) is 0.872. The lowest BCUT2D eigenvalue weighted by molar-refractivity contribution is 0.0932. The molecule has 1 aromatic carbocycles. The molecule has 0 bridgehead atoms. The molecule has 1 heterocycles. The molecule has 1 aliphatic carbocycles. The van der Waals surface area contributed by atoms with Crippen LogP contribution in [0.15, 0.2) is 41.1 Å². The molecule has 5 nitrogen and oxygen atoms in total. The van der Waals surface area contributed by atoms with E-state index >= 15 is 0 Å². The van der Waals surface area contributed by atoms with Crippen LogP contribution in [-0.4, -0.2) is 21.9 Å². The van der Waals surface area contributed by atoms with Crippen LogP contribution in [0.4, 0.5) is 11.5 Å². The summed E-state index contributed by atoms with van der Waals surface area (Å²) in [6.07, 6.45) is 5.89. The number of benzene rings is 1. The summed E-state index contributed by atoms with van der Waals surface area (Å²) in [7, 11) is 0. The number of rotatable bonds is 4. The van der Waals surface area contributed by atoms with Gasteiger partial charge in [-0.1, -0.05) is 28.8 Å². The third-order valence-electron chi connectivity index (χ3n) is 3.71. The van der Waals surface area contributed by atoms with Gasteiger partial charge in [-0.2, -0.15) is 0 Å². The molecule has 1 saturated carbocycles. The summed E-state index contributed by atoms with van der Waals surface area (Å²) in [5.74, 6) is 0.474. The number of carbonyl (C=O) groups is 1. The number of nitrogens with one attached hydrogen (secondary N) is 2. The van der Waals surface area contributed by atoms with E-state index in [2.05, 4.69) is 36.5 Å². The highest BCUT2D eigenvalue weighted by Gasteiger charge is 2.18. The molecule has 1 amide bonds. The van der Waals surface area contributed by atoms with Crippen molar-refractivity contribution >= 4 is 33.3 Å². The number of hydrogen-bond donors (Lipinski definition) is 2. The lowest BCUT2D eigenvalue weighted by Gasteiger charge is -2.12. The number of halogens is 1. The van der Waals surface area contributed by atoms with Crippen molar-refractivity contribution in [3.8, 4) is 0 Å². The average molecular weight is 361 g/mol. The van der Waals surface area contributed by atoms with E-state index in [0.29, 0.717) is 11.5 Å². The third-order valence-corrected chi connectivity index (χ3v) is 4.24. The van der Waals surface area contributed by atoms with Crippen molar-refractivity contribution in [3.05, 3.63) is 46.8 Å². The lowest BCUT2D eigenvalue weighted by Crippen LogP contribution is -2.33. The van der Waals surface area contributed by atoms with Gasteiger partial charge in [-0.05, 0) is 37.1 Å². The highest BCUT2D eigenvalue weighted by atomic mass is 79.9. The van der Waals surface area contributed by atoms with E-state index in [9.17, 15) is 4.79 Å². The van der Waals surface area contributed by atoms with Crippen LogP contribution in [0.5, 0.6) is 0 Å². The minimum absolute atomic E-state index is 0.131. The van der Waals surface area contributed by atoms with Gasteiger partial charge >= 0.3 is 0 Å². The number of hydrogen-bond acceptors (Lipinski definition) is 4. The zero-order chi connectivity index (χ0) is 15.4. The van der Waals surface area contributed by atoms with Crippen LogP contribution < -0.4 is 10.6 Å². The highest BCUT2D eigenvalue weighted by molar-refractivity contribution is 9.10. The van der Waals surface area contributed by atoms with E-state index < -0.39 is 0 Å². The topological polar surface area (TPSA) is 66.9 Å². The van der Waals surface area contributed by atoms with Gasteiger partial charge in [0.2, 0.25) is 0 Å². The van der Waals surface area contributed by atoms with Crippen LogP contribution in [0.1, 0.15) is 36.2 Å². The van der Waals surface area contributed by atoms with Gasteiger partial charge in [0.1, 0.15) is 17.8 Å². The lowest BCUT2D eigenvalue weighted by atomic mass is 10.2. The fraction of sp³-hybridized carbons (Fsp3) is 0.312. The van der Waals surface area contributed by atoms with E-state index in [1.165, 1.54) is 19.2 Å². The van der Waals surface area contributed by atoms with Crippen LogP contribution in [0.2, 0.25) is 0 Å². The molecule has 3 rings (SSSR count). The first-order valence-electron chi connectivity index (χ1n) is 7.36. The van der Waals surface area contributed by atoms with Crippen LogP contribution in [0.25, 0.3) is 0 Å². The molecular weight excluding hydrogens is 344 g/mol. The molecular formula is C16H17BrN4O. The fourth-order valence-corrected chi connectivity index (χ4v) is 2.82. The zero-order valence-electron chi connectivity index (χ0n) is 12.1. The van der Waals surface area contributed by atoms with Gasteiger partial charge in [0, 0.05) is 22.3 Å². The van der Waals surface area contributed by atoms with Gasteiger partial charge in [-0.3, -0.25) is 4.79 Å². The van der Waals surface area contributed by atoms with Crippen LogP contribution in [0, 0.1) is 0 Å². The van der Waals surface area contributed by atoms with E-state index in [4.69, 9.17) is 0 Å². The van der Waals surface area contributed by atoms with Crippen LogP contribution >= 0.6 is 15.9 Å². The minimum Gasteiger partial charge on any atom is -0.348 e. The van der Waals surface area contributed by atoms with Gasteiger partial charge in [0.15, 0.2) is 0 Å². The molecule has 22 heavy (non-hydrogen) atoms. The highest BCUT2D eigenvalue weighted by Crippen LogP contribution is 2.19. The van der Waals surface area contributed by atoms with Gasteiger partial charge in [-0.15, -0.1) is 0 Å². The first kappa shape index (κ1) is 15.0. The van der Waals surface area contributed by atoms with E-state index in [1.807, 2.05) is 24.3 Å². The van der Waals surface area contributed by atoms with Crippen molar-refractivity contribution in [2.24, 2.45) is 0 Å². The Bertz CT molecular complexity index is 653. The normalized spacial score (nSPS) is 14.8. The second-order valence-electron chi connectivity index (χ2n) is 5.38. The molecule has 0 aliphatic heterocycles. The Balaban J connectivity index is 1.68. The summed E-state index contributed by atoms with van der Waals surface area (Å²) in [6, 6.07) is 9.71. The molecule has 0 saturated heterocycles. The second kappa shape index (κ2) is 6.87. The molecule has 6 heteroatoms. The van der Waals surface area contributed by atoms with Crippen molar-refractivity contribution in [2.45, 2.75) is 31.7 Å². The molecule has 114 valence electrons. The summed E-state index contributed by atoms with van der Waals surface area (Å²) in [5, 5.41) is 6.20. The maximum absolute atomic E-state index is 12.2. The zero-order valence-corrected chi connectivity index (χ0v) is 13.6. The molecule has 0 atom stereocenters. The Labute approximate surface area is 137 Å². The second-order valence-corrected chi connectivity index (χ2v) is 6.29. The van der Waals surface area contributed by atoms with Gasteiger partial charge in [-0.25, -0.2) is 9.97 Å². The maximum Gasteiger partial charge on any atom is 0.270 e. The molecule has 1 aliphatic rings. The van der Waals surface area contributed by atoms with E-state index in [1.54, 1.807) is 6.07 Å². The molecule has 2 aromatic rings. The third kappa shape index (κ3) is 3.82. The molecule has 0 radical (unpaired) electrons. The number of amides is 1. The predicted octanol–water partition coefficient (Wildman–Crippen LogP) is 3.66. The number of anilines is 2. The van der Waals surface area contributed by atoms with Gasteiger partial charge in [0.05, 0.1) is 0 Å². The summed E-state index contributed by atoms with van der Waals surface area (Å²) in [5.41, 5.74) is 1.30. The monoisotopic (exact) mass is 360 g/mol. The van der Waals surface area contributed by atoms with Gasteiger partial charge < -0.3 is 10.6 Å². The largest absolute Gasteiger partial charge is 0.348 e. The minimum atomic E-state index is -0.131. The SMILES string of the molecule is O=C(NC1CCCC1)c1cc(Nc2ccc(Br)cc2)ncn1. The number of aromatic nitrogens is 2. The molecule has 2 N–H and O–H groups in total. The summed E-state index contributed by atoms with van der Waals surface area (Å²) in [4.78, 5) is 20.4. The van der Waals surface area contributed by atoms with E-state index in [-0.39, 0.29) is 11.9 Å². The summed E-state index contributed by atoms with van der Waals surface area (Å²) < 4.78 is 1.01. The summed E-state index contributed by atoms with van der Waals surface area (Å²) >= 11 is 3.40. The first-order valence-corrected chi connectivity index (χ1v) is 8.15. The van der Waals surface area contributed by atoms with Gasteiger partial charge in [0.25, 0.3) is 5.91 Å². The first-order chi connectivity index (χ1) is 10.7. The maximum atomic E-state index is 12.2.